The molecule has 1 amide bonds. The normalized spacial score (nSPS) is 24.3. The van der Waals surface area contributed by atoms with Crippen LogP contribution in [-0.4, -0.2) is 54.2 Å². The Labute approximate surface area is 124 Å². The van der Waals surface area contributed by atoms with Crippen LogP contribution in [0.25, 0.3) is 0 Å². The van der Waals surface area contributed by atoms with Crippen LogP contribution in [0.15, 0.2) is 4.52 Å². The van der Waals surface area contributed by atoms with Gasteiger partial charge in [-0.05, 0) is 58.3 Å². The number of hydrogen-bond donors (Lipinski definition) is 2. The number of amides is 1. The zero-order chi connectivity index (χ0) is 14.7. The molecule has 3 rings (SSSR count). The van der Waals surface area contributed by atoms with E-state index in [0.717, 1.165) is 45.3 Å². The molecule has 0 bridgehead atoms. The Balaban J connectivity index is 1.49. The van der Waals surface area contributed by atoms with Gasteiger partial charge in [0, 0.05) is 6.54 Å². The fourth-order valence-corrected chi connectivity index (χ4v) is 2.95. The summed E-state index contributed by atoms with van der Waals surface area (Å²) in [5.41, 5.74) is 0. The number of likely N-dealkylation sites (tertiary alicyclic amines) is 1. The van der Waals surface area contributed by atoms with Crippen molar-refractivity contribution in [1.82, 2.24) is 25.7 Å². The summed E-state index contributed by atoms with van der Waals surface area (Å²) in [4.78, 5) is 18.6. The van der Waals surface area contributed by atoms with E-state index in [1.165, 1.54) is 0 Å². The second-order valence-electron chi connectivity index (χ2n) is 6.06. The van der Waals surface area contributed by atoms with E-state index in [0.29, 0.717) is 18.4 Å². The van der Waals surface area contributed by atoms with Gasteiger partial charge in [0.05, 0.1) is 6.04 Å². The molecule has 2 N–H and O–H groups in total. The fourth-order valence-electron chi connectivity index (χ4n) is 2.95. The van der Waals surface area contributed by atoms with Crippen molar-refractivity contribution in [2.24, 2.45) is 5.92 Å². The summed E-state index contributed by atoms with van der Waals surface area (Å²) in [6.45, 7) is 3.85. The number of carbonyl (C=O) groups is 1. The largest absolute Gasteiger partial charge is 0.349 e. The molecule has 2 saturated heterocycles. The van der Waals surface area contributed by atoms with E-state index in [9.17, 15) is 4.79 Å². The molecule has 7 heteroatoms. The Morgan fingerprint density at radius 3 is 2.95 bits per heavy atom. The predicted molar refractivity (Wildman–Crippen MR) is 76.8 cm³/mol. The lowest BCUT2D eigenvalue weighted by Gasteiger charge is -2.28. The molecule has 0 spiro atoms. The number of nitrogens with one attached hydrogen (secondary N) is 2. The van der Waals surface area contributed by atoms with Gasteiger partial charge in [0.1, 0.15) is 0 Å². The van der Waals surface area contributed by atoms with Crippen molar-refractivity contribution in [1.29, 1.82) is 0 Å². The van der Waals surface area contributed by atoms with Crippen LogP contribution in [0, 0.1) is 5.92 Å². The molecule has 7 nitrogen and oxygen atoms in total. The third-order valence-corrected chi connectivity index (χ3v) is 4.39. The molecule has 116 valence electrons. The van der Waals surface area contributed by atoms with Crippen molar-refractivity contribution in [2.45, 2.75) is 31.7 Å². The second-order valence-corrected chi connectivity index (χ2v) is 6.06. The number of piperidine rings is 1. The Kier molecular flexibility index (Phi) is 4.50. The summed E-state index contributed by atoms with van der Waals surface area (Å²) >= 11 is 0. The lowest BCUT2D eigenvalue weighted by Crippen LogP contribution is -2.37. The molecule has 3 heterocycles. The van der Waals surface area contributed by atoms with Gasteiger partial charge in [0.25, 0.3) is 11.7 Å². The highest BCUT2D eigenvalue weighted by atomic mass is 16.5. The van der Waals surface area contributed by atoms with E-state index in [1.807, 2.05) is 0 Å². The molecule has 0 aliphatic carbocycles. The zero-order valence-electron chi connectivity index (χ0n) is 12.5. The minimum absolute atomic E-state index is 0.105. The topological polar surface area (TPSA) is 83.3 Å². The third kappa shape index (κ3) is 3.59. The standard InChI is InChI=1S/C14H23N5O2/c1-19-7-4-10(5-8-19)9-16-13(20)12-17-14(21-18-12)11-3-2-6-15-11/h10-11,15H,2-9H2,1H3,(H,16,20). The van der Waals surface area contributed by atoms with Crippen molar-refractivity contribution < 1.29 is 9.32 Å². The SMILES string of the molecule is CN1CCC(CNC(=O)c2noc(C3CCCN3)n2)CC1. The number of carbonyl (C=O) groups excluding carboxylic acids is 1. The summed E-state index contributed by atoms with van der Waals surface area (Å²) in [5.74, 6) is 0.985. The third-order valence-electron chi connectivity index (χ3n) is 4.39. The van der Waals surface area contributed by atoms with Gasteiger partial charge in [-0.1, -0.05) is 5.16 Å². The molecule has 1 aromatic rings. The molecule has 0 radical (unpaired) electrons. The fraction of sp³-hybridized carbons (Fsp3) is 0.786. The number of hydrogen-bond acceptors (Lipinski definition) is 6. The maximum Gasteiger partial charge on any atom is 0.292 e. The van der Waals surface area contributed by atoms with Crippen LogP contribution in [0.3, 0.4) is 0 Å². The minimum atomic E-state index is -0.234. The highest BCUT2D eigenvalue weighted by molar-refractivity contribution is 5.90. The minimum Gasteiger partial charge on any atom is -0.349 e. The van der Waals surface area contributed by atoms with E-state index < -0.39 is 0 Å². The molecule has 21 heavy (non-hydrogen) atoms. The van der Waals surface area contributed by atoms with Crippen LogP contribution in [-0.2, 0) is 0 Å². The maximum atomic E-state index is 12.1. The maximum absolute atomic E-state index is 12.1. The molecular weight excluding hydrogens is 270 g/mol. The first-order valence-corrected chi connectivity index (χ1v) is 7.76. The van der Waals surface area contributed by atoms with Crippen LogP contribution < -0.4 is 10.6 Å². The van der Waals surface area contributed by atoms with Crippen molar-refractivity contribution in [3.05, 3.63) is 11.7 Å². The lowest BCUT2D eigenvalue weighted by molar-refractivity contribution is 0.0925. The zero-order valence-corrected chi connectivity index (χ0v) is 12.5. The van der Waals surface area contributed by atoms with Gasteiger partial charge >= 0.3 is 0 Å². The van der Waals surface area contributed by atoms with Crippen LogP contribution >= 0.6 is 0 Å². The Morgan fingerprint density at radius 2 is 2.24 bits per heavy atom. The van der Waals surface area contributed by atoms with Gasteiger partial charge in [-0.15, -0.1) is 0 Å². The molecule has 1 unspecified atom stereocenters. The van der Waals surface area contributed by atoms with Crippen LogP contribution in [0.2, 0.25) is 0 Å². The molecule has 2 fully saturated rings. The van der Waals surface area contributed by atoms with Gasteiger partial charge in [-0.25, -0.2) is 0 Å². The van der Waals surface area contributed by atoms with Crippen molar-refractivity contribution in [2.75, 3.05) is 33.2 Å². The van der Waals surface area contributed by atoms with Gasteiger partial charge in [0.2, 0.25) is 5.89 Å². The first-order valence-electron chi connectivity index (χ1n) is 7.76. The summed E-state index contributed by atoms with van der Waals surface area (Å²) in [7, 11) is 2.13. The van der Waals surface area contributed by atoms with Crippen molar-refractivity contribution in [3.63, 3.8) is 0 Å². The lowest BCUT2D eigenvalue weighted by atomic mass is 9.97. The molecule has 2 aliphatic heterocycles. The smallest absolute Gasteiger partial charge is 0.292 e. The van der Waals surface area contributed by atoms with E-state index in [1.54, 1.807) is 0 Å². The Hall–Kier alpha value is -1.47. The highest BCUT2D eigenvalue weighted by Gasteiger charge is 2.25. The molecular formula is C14H23N5O2. The van der Waals surface area contributed by atoms with Crippen LogP contribution in [0.1, 0.15) is 48.2 Å². The molecule has 0 aromatic carbocycles. The van der Waals surface area contributed by atoms with Gasteiger partial charge in [0.15, 0.2) is 0 Å². The second kappa shape index (κ2) is 6.53. The summed E-state index contributed by atoms with van der Waals surface area (Å²) in [5, 5.41) is 10.00. The molecule has 2 aliphatic rings. The quantitative estimate of drug-likeness (QED) is 0.844. The number of aromatic nitrogens is 2. The molecule has 0 saturated carbocycles. The monoisotopic (exact) mass is 293 g/mol. The van der Waals surface area contributed by atoms with E-state index in [2.05, 4.69) is 32.7 Å². The van der Waals surface area contributed by atoms with Crippen LogP contribution in [0.5, 0.6) is 0 Å². The van der Waals surface area contributed by atoms with E-state index in [-0.39, 0.29) is 17.8 Å². The molecule has 1 atom stereocenters. The average Bonchev–Trinajstić information content (AvgIpc) is 3.17. The van der Waals surface area contributed by atoms with Crippen molar-refractivity contribution in [3.8, 4) is 0 Å². The summed E-state index contributed by atoms with van der Waals surface area (Å²) in [6.07, 6.45) is 4.34. The highest BCUT2D eigenvalue weighted by Crippen LogP contribution is 2.21. The summed E-state index contributed by atoms with van der Waals surface area (Å²) in [6, 6.07) is 0.105. The van der Waals surface area contributed by atoms with Gasteiger partial charge < -0.3 is 20.1 Å². The van der Waals surface area contributed by atoms with Gasteiger partial charge in [-0.2, -0.15) is 4.98 Å². The summed E-state index contributed by atoms with van der Waals surface area (Å²) < 4.78 is 5.18. The first-order chi connectivity index (χ1) is 10.2. The first kappa shape index (κ1) is 14.5. The van der Waals surface area contributed by atoms with Crippen molar-refractivity contribution >= 4 is 5.91 Å². The van der Waals surface area contributed by atoms with Gasteiger partial charge in [-0.3, -0.25) is 4.79 Å². The number of rotatable bonds is 4. The molecule has 1 aromatic heterocycles. The van der Waals surface area contributed by atoms with E-state index in [4.69, 9.17) is 4.52 Å². The Bertz CT molecular complexity index is 475. The van der Waals surface area contributed by atoms with E-state index >= 15 is 0 Å². The number of nitrogens with zero attached hydrogens (tertiary/aromatic N) is 3. The van der Waals surface area contributed by atoms with Crippen LogP contribution in [0.4, 0.5) is 0 Å². The average molecular weight is 293 g/mol. The Morgan fingerprint density at radius 1 is 1.43 bits per heavy atom. The predicted octanol–water partition coefficient (Wildman–Crippen LogP) is 0.566.